The maximum absolute atomic E-state index is 11.7. The van der Waals surface area contributed by atoms with E-state index in [1.54, 1.807) is 0 Å². The van der Waals surface area contributed by atoms with Crippen molar-refractivity contribution >= 4 is 22.0 Å². The molecule has 0 saturated heterocycles. The van der Waals surface area contributed by atoms with Crippen molar-refractivity contribution in [1.29, 1.82) is 0 Å². The lowest BCUT2D eigenvalue weighted by molar-refractivity contribution is -0.152. The van der Waals surface area contributed by atoms with Gasteiger partial charge in [0.1, 0.15) is 6.10 Å². The van der Waals surface area contributed by atoms with E-state index in [2.05, 4.69) is 11.9 Å². The van der Waals surface area contributed by atoms with E-state index in [0.29, 0.717) is 0 Å². The largest absolute Gasteiger partial charge is 0.513 e. The first kappa shape index (κ1) is 21.4. The summed E-state index contributed by atoms with van der Waals surface area (Å²) in [5, 5.41) is 11.5. The van der Waals surface area contributed by atoms with Gasteiger partial charge < -0.3 is 15.2 Å². The number of carbonyl (C=O) groups excluding carboxylic acids is 2. The summed E-state index contributed by atoms with van der Waals surface area (Å²) in [6.07, 6.45) is 0.0654. The number of hydrogen-bond donors (Lipinski definition) is 3. The molecule has 0 aliphatic rings. The lowest BCUT2D eigenvalue weighted by atomic mass is 9.98. The SMILES string of the molecule is C=C(O)C[C@H](OC(=O)CCC(=O)NCCS(=O)(=O)O)C(C)CC. The smallest absolute Gasteiger partial charge is 0.306 e. The molecule has 9 heteroatoms. The fourth-order valence-corrected chi connectivity index (χ4v) is 2.07. The van der Waals surface area contributed by atoms with Crippen molar-refractivity contribution in [3.05, 3.63) is 12.3 Å². The zero-order valence-corrected chi connectivity index (χ0v) is 14.3. The highest BCUT2D eigenvalue weighted by Crippen LogP contribution is 2.18. The molecule has 0 fully saturated rings. The average Bonchev–Trinajstić information content (AvgIpc) is 2.41. The van der Waals surface area contributed by atoms with Gasteiger partial charge >= 0.3 is 5.97 Å². The van der Waals surface area contributed by atoms with Gasteiger partial charge in [0, 0.05) is 19.4 Å². The van der Waals surface area contributed by atoms with Crippen molar-refractivity contribution in [1.82, 2.24) is 5.32 Å². The number of hydrogen-bond acceptors (Lipinski definition) is 6. The summed E-state index contributed by atoms with van der Waals surface area (Å²) >= 11 is 0. The summed E-state index contributed by atoms with van der Waals surface area (Å²) in [4.78, 5) is 23.2. The minimum absolute atomic E-state index is 0.0337. The third kappa shape index (κ3) is 11.6. The second kappa shape index (κ2) is 10.2. The van der Waals surface area contributed by atoms with Crippen molar-refractivity contribution in [2.24, 2.45) is 5.92 Å². The lowest BCUT2D eigenvalue weighted by Gasteiger charge is -2.22. The Morgan fingerprint density at radius 3 is 2.39 bits per heavy atom. The topological polar surface area (TPSA) is 130 Å². The average molecular weight is 351 g/mol. The van der Waals surface area contributed by atoms with Gasteiger partial charge in [-0.2, -0.15) is 8.42 Å². The molecule has 0 aliphatic carbocycles. The Kier molecular flexibility index (Phi) is 9.50. The maximum atomic E-state index is 11.7. The first-order valence-corrected chi connectivity index (χ1v) is 8.94. The highest BCUT2D eigenvalue weighted by atomic mass is 32.2. The van der Waals surface area contributed by atoms with Crippen molar-refractivity contribution in [3.63, 3.8) is 0 Å². The molecule has 3 N–H and O–H groups in total. The van der Waals surface area contributed by atoms with E-state index in [1.807, 2.05) is 13.8 Å². The Hall–Kier alpha value is -1.61. The van der Waals surface area contributed by atoms with E-state index in [4.69, 9.17) is 9.29 Å². The highest BCUT2D eigenvalue weighted by molar-refractivity contribution is 7.85. The van der Waals surface area contributed by atoms with E-state index >= 15 is 0 Å². The summed E-state index contributed by atoms with van der Waals surface area (Å²) in [7, 11) is -4.13. The first-order valence-electron chi connectivity index (χ1n) is 7.33. The van der Waals surface area contributed by atoms with Crippen molar-refractivity contribution in [3.8, 4) is 0 Å². The van der Waals surface area contributed by atoms with Crippen LogP contribution in [-0.4, -0.2) is 48.4 Å². The molecule has 1 unspecified atom stereocenters. The van der Waals surface area contributed by atoms with Crippen LogP contribution in [0.3, 0.4) is 0 Å². The summed E-state index contributed by atoms with van der Waals surface area (Å²) in [5.41, 5.74) is 0. The van der Waals surface area contributed by atoms with E-state index in [0.717, 1.165) is 6.42 Å². The van der Waals surface area contributed by atoms with Crippen molar-refractivity contribution < 1.29 is 32.4 Å². The summed E-state index contributed by atoms with van der Waals surface area (Å²) < 4.78 is 34.7. The molecular weight excluding hydrogens is 326 g/mol. The third-order valence-corrected chi connectivity index (χ3v) is 3.96. The molecule has 0 aliphatic heterocycles. The quantitative estimate of drug-likeness (QED) is 0.289. The fraction of sp³-hybridized carbons (Fsp3) is 0.714. The van der Waals surface area contributed by atoms with Crippen LogP contribution >= 0.6 is 0 Å². The fourth-order valence-electron chi connectivity index (χ4n) is 1.71. The number of aliphatic hydroxyl groups excluding tert-OH is 1. The lowest BCUT2D eigenvalue weighted by Crippen LogP contribution is -2.30. The van der Waals surface area contributed by atoms with Crippen molar-refractivity contribution in [2.75, 3.05) is 12.3 Å². The number of aliphatic hydroxyl groups is 1. The summed E-state index contributed by atoms with van der Waals surface area (Å²) in [5.74, 6) is -1.73. The van der Waals surface area contributed by atoms with E-state index in [9.17, 15) is 23.1 Å². The number of nitrogens with one attached hydrogen (secondary N) is 1. The van der Waals surface area contributed by atoms with Crippen LogP contribution in [0.1, 0.15) is 39.5 Å². The molecule has 0 bridgehead atoms. The van der Waals surface area contributed by atoms with Crippen LogP contribution in [0.2, 0.25) is 0 Å². The highest BCUT2D eigenvalue weighted by Gasteiger charge is 2.21. The minimum atomic E-state index is -4.13. The second-order valence-corrected chi connectivity index (χ2v) is 6.89. The Labute approximate surface area is 136 Å². The molecule has 0 aromatic rings. The molecule has 0 radical (unpaired) electrons. The van der Waals surface area contributed by atoms with Crippen LogP contribution in [-0.2, 0) is 24.4 Å². The number of ether oxygens (including phenoxy) is 1. The maximum Gasteiger partial charge on any atom is 0.306 e. The number of esters is 1. The molecule has 0 aromatic carbocycles. The Balaban J connectivity index is 4.21. The Morgan fingerprint density at radius 1 is 1.30 bits per heavy atom. The van der Waals surface area contributed by atoms with Gasteiger partial charge in [0.25, 0.3) is 10.1 Å². The molecule has 0 saturated carbocycles. The van der Waals surface area contributed by atoms with Crippen LogP contribution in [0.5, 0.6) is 0 Å². The molecule has 23 heavy (non-hydrogen) atoms. The van der Waals surface area contributed by atoms with Crippen molar-refractivity contribution in [2.45, 2.75) is 45.6 Å². The van der Waals surface area contributed by atoms with E-state index < -0.39 is 33.9 Å². The molecule has 134 valence electrons. The molecule has 0 spiro atoms. The monoisotopic (exact) mass is 351 g/mol. The first-order chi connectivity index (χ1) is 10.5. The van der Waals surface area contributed by atoms with Gasteiger partial charge in [-0.25, -0.2) is 0 Å². The zero-order chi connectivity index (χ0) is 18.0. The molecule has 1 amide bonds. The van der Waals surface area contributed by atoms with Crippen LogP contribution in [0.25, 0.3) is 0 Å². The van der Waals surface area contributed by atoms with Gasteiger partial charge in [-0.05, 0) is 5.92 Å². The van der Waals surface area contributed by atoms with E-state index in [-0.39, 0.29) is 37.5 Å². The van der Waals surface area contributed by atoms with Crippen LogP contribution in [0, 0.1) is 5.92 Å². The summed E-state index contributed by atoms with van der Waals surface area (Å²) in [6, 6.07) is 0. The second-order valence-electron chi connectivity index (χ2n) is 5.32. The Bertz CT molecular complexity index is 515. The number of rotatable bonds is 11. The zero-order valence-electron chi connectivity index (χ0n) is 13.4. The molecule has 0 aromatic heterocycles. The molecule has 0 heterocycles. The van der Waals surface area contributed by atoms with Gasteiger partial charge in [-0.15, -0.1) is 0 Å². The summed E-state index contributed by atoms with van der Waals surface area (Å²) in [6.45, 7) is 6.95. The number of amides is 1. The molecular formula is C14H25NO7S. The molecule has 8 nitrogen and oxygen atoms in total. The normalized spacial score (nSPS) is 13.9. The number of carbonyl (C=O) groups is 2. The van der Waals surface area contributed by atoms with Gasteiger partial charge in [0.2, 0.25) is 5.91 Å². The standard InChI is InChI=1S/C14H25NO7S/c1-4-10(2)12(9-11(3)16)22-14(18)6-5-13(17)15-7-8-23(19,20)21/h10,12,16H,3-9H2,1-2H3,(H,15,17)(H,19,20,21)/t10?,12-/m0/s1. The predicted octanol–water partition coefficient (Wildman–Crippen LogP) is 1.19. The van der Waals surface area contributed by atoms with Gasteiger partial charge in [0.05, 0.1) is 17.9 Å². The predicted molar refractivity (Wildman–Crippen MR) is 84.4 cm³/mol. The molecule has 0 rings (SSSR count). The van der Waals surface area contributed by atoms with Gasteiger partial charge in [-0.3, -0.25) is 14.1 Å². The van der Waals surface area contributed by atoms with E-state index in [1.165, 1.54) is 0 Å². The Morgan fingerprint density at radius 2 is 1.91 bits per heavy atom. The van der Waals surface area contributed by atoms with Crippen LogP contribution in [0.4, 0.5) is 0 Å². The minimum Gasteiger partial charge on any atom is -0.513 e. The van der Waals surface area contributed by atoms with Gasteiger partial charge in [-0.1, -0.05) is 26.8 Å². The van der Waals surface area contributed by atoms with Crippen LogP contribution < -0.4 is 5.32 Å². The van der Waals surface area contributed by atoms with Gasteiger partial charge in [0.15, 0.2) is 0 Å². The third-order valence-electron chi connectivity index (χ3n) is 3.24. The molecule has 2 atom stereocenters. The van der Waals surface area contributed by atoms with Crippen LogP contribution in [0.15, 0.2) is 12.3 Å².